The summed E-state index contributed by atoms with van der Waals surface area (Å²) in [6, 6.07) is -2.78. The van der Waals surface area contributed by atoms with Crippen LogP contribution in [0.2, 0.25) is 0 Å². The third kappa shape index (κ3) is 12.3. The van der Waals surface area contributed by atoms with Gasteiger partial charge in [0.2, 0.25) is 17.7 Å². The van der Waals surface area contributed by atoms with Crippen molar-refractivity contribution in [1.82, 2.24) is 16.0 Å². The van der Waals surface area contributed by atoms with E-state index in [1.807, 2.05) is 13.2 Å². The van der Waals surface area contributed by atoms with E-state index in [2.05, 4.69) is 20.9 Å². The van der Waals surface area contributed by atoms with Crippen LogP contribution in [-0.2, 0) is 19.2 Å². The molecule has 0 fully saturated rings. The quantitative estimate of drug-likeness (QED) is 0.0771. The number of rotatable bonds is 16. The number of hydrogen-bond acceptors (Lipinski definition) is 7. The largest absolute Gasteiger partial charge is 0.480 e. The lowest BCUT2D eigenvalue weighted by atomic mass is 9.99. The Labute approximate surface area is 192 Å². The van der Waals surface area contributed by atoms with Gasteiger partial charge in [0.15, 0.2) is 5.96 Å². The number of carboxylic acids is 1. The first-order valence-electron chi connectivity index (χ1n) is 10.4. The first-order chi connectivity index (χ1) is 15.0. The molecule has 0 aliphatic heterocycles. The summed E-state index contributed by atoms with van der Waals surface area (Å²) in [6.07, 6.45) is 3.52. The topological polar surface area (TPSA) is 215 Å². The van der Waals surface area contributed by atoms with Crippen molar-refractivity contribution in [2.45, 2.75) is 57.7 Å². The Kier molecular flexibility index (Phi) is 14.9. The van der Waals surface area contributed by atoms with Crippen molar-refractivity contribution in [3.8, 4) is 0 Å². The van der Waals surface area contributed by atoms with Crippen molar-refractivity contribution in [3.05, 3.63) is 0 Å². The normalized spacial score (nSPS) is 14.4. The lowest BCUT2D eigenvalue weighted by Crippen LogP contribution is -2.54. The van der Waals surface area contributed by atoms with E-state index in [0.717, 1.165) is 0 Å². The highest BCUT2D eigenvalue weighted by atomic mass is 32.2. The molecule has 4 unspecified atom stereocenters. The highest BCUT2D eigenvalue weighted by Gasteiger charge is 2.27. The summed E-state index contributed by atoms with van der Waals surface area (Å²) >= 11 is 1.55. The van der Waals surface area contributed by atoms with Crippen LogP contribution in [0.5, 0.6) is 0 Å². The molecule has 12 nitrogen and oxygen atoms in total. The number of carbonyl (C=O) groups is 4. The molecule has 0 saturated carbocycles. The molecule has 0 aliphatic rings. The maximum Gasteiger partial charge on any atom is 0.326 e. The average molecular weight is 476 g/mol. The SMILES string of the molecule is CCC(C)C(NC(=O)CNC(=O)C(CCCN=C(N)N)NC(=O)C(N)CCSC)C(=O)O. The molecule has 0 spiro atoms. The zero-order valence-electron chi connectivity index (χ0n) is 18.9. The summed E-state index contributed by atoms with van der Waals surface area (Å²) in [5.74, 6) is -2.54. The molecule has 0 aromatic rings. The summed E-state index contributed by atoms with van der Waals surface area (Å²) in [6.45, 7) is 3.35. The Hall–Kier alpha value is -2.54. The maximum atomic E-state index is 12.6. The predicted octanol–water partition coefficient (Wildman–Crippen LogP) is -1.66. The first kappa shape index (κ1) is 29.5. The van der Waals surface area contributed by atoms with Crippen LogP contribution in [0, 0.1) is 5.92 Å². The molecule has 184 valence electrons. The van der Waals surface area contributed by atoms with Gasteiger partial charge in [-0.1, -0.05) is 20.3 Å². The van der Waals surface area contributed by atoms with Gasteiger partial charge >= 0.3 is 5.97 Å². The molecular formula is C19H37N7O5S. The van der Waals surface area contributed by atoms with E-state index >= 15 is 0 Å². The van der Waals surface area contributed by atoms with Gasteiger partial charge in [0.05, 0.1) is 12.6 Å². The van der Waals surface area contributed by atoms with Crippen molar-refractivity contribution in [1.29, 1.82) is 0 Å². The van der Waals surface area contributed by atoms with Gasteiger partial charge in [-0.2, -0.15) is 11.8 Å². The number of aliphatic carboxylic acids is 1. The highest BCUT2D eigenvalue weighted by Crippen LogP contribution is 2.07. The fraction of sp³-hybridized carbons (Fsp3) is 0.737. The number of nitrogens with one attached hydrogen (secondary N) is 3. The molecule has 0 aromatic heterocycles. The molecule has 0 saturated heterocycles. The third-order valence-corrected chi connectivity index (χ3v) is 5.41. The molecule has 3 amide bonds. The van der Waals surface area contributed by atoms with Crippen LogP contribution < -0.4 is 33.2 Å². The number of amides is 3. The van der Waals surface area contributed by atoms with E-state index in [9.17, 15) is 24.3 Å². The van der Waals surface area contributed by atoms with Crippen molar-refractivity contribution < 1.29 is 24.3 Å². The molecule has 4 atom stereocenters. The number of carbonyl (C=O) groups excluding carboxylic acids is 3. The Bertz CT molecular complexity index is 658. The van der Waals surface area contributed by atoms with Crippen molar-refractivity contribution in [2.24, 2.45) is 28.1 Å². The average Bonchev–Trinajstić information content (AvgIpc) is 2.74. The van der Waals surface area contributed by atoms with E-state index in [1.165, 1.54) is 0 Å². The van der Waals surface area contributed by atoms with Crippen molar-refractivity contribution >= 4 is 41.4 Å². The Morgan fingerprint density at radius 3 is 2.28 bits per heavy atom. The Morgan fingerprint density at radius 1 is 1.09 bits per heavy atom. The minimum absolute atomic E-state index is 0.0833. The minimum atomic E-state index is -1.15. The van der Waals surface area contributed by atoms with E-state index < -0.39 is 48.4 Å². The molecule has 0 radical (unpaired) electrons. The minimum Gasteiger partial charge on any atom is -0.480 e. The fourth-order valence-corrected chi connectivity index (χ4v) is 3.11. The zero-order valence-corrected chi connectivity index (χ0v) is 19.7. The number of aliphatic imine (C=N–C) groups is 1. The third-order valence-electron chi connectivity index (χ3n) is 4.77. The number of guanidine groups is 1. The molecule has 32 heavy (non-hydrogen) atoms. The lowest BCUT2D eigenvalue weighted by molar-refractivity contribution is -0.143. The van der Waals surface area contributed by atoms with E-state index in [1.54, 1.807) is 18.7 Å². The molecular weight excluding hydrogens is 438 g/mol. The van der Waals surface area contributed by atoms with Gasteiger partial charge in [-0.05, 0) is 37.2 Å². The molecule has 0 heterocycles. The predicted molar refractivity (Wildman–Crippen MR) is 125 cm³/mol. The standard InChI is InChI=1S/C19H37N7O5S/c1-4-11(2)15(18(30)31)26-14(27)10-24-17(29)13(6-5-8-23-19(21)22)25-16(28)12(20)7-9-32-3/h11-13,15H,4-10,20H2,1-3H3,(H,24,29)(H,25,28)(H,26,27)(H,30,31)(H4,21,22,23). The molecule has 0 bridgehead atoms. The van der Waals surface area contributed by atoms with Crippen LogP contribution in [0.15, 0.2) is 4.99 Å². The van der Waals surface area contributed by atoms with Gasteiger partial charge < -0.3 is 38.3 Å². The highest BCUT2D eigenvalue weighted by molar-refractivity contribution is 7.98. The second-order valence-electron chi connectivity index (χ2n) is 7.38. The van der Waals surface area contributed by atoms with Crippen LogP contribution in [0.3, 0.4) is 0 Å². The van der Waals surface area contributed by atoms with Crippen LogP contribution in [-0.4, -0.2) is 78.0 Å². The Balaban J connectivity index is 4.98. The fourth-order valence-electron chi connectivity index (χ4n) is 2.63. The van der Waals surface area contributed by atoms with Crippen molar-refractivity contribution in [3.63, 3.8) is 0 Å². The van der Waals surface area contributed by atoms with Gasteiger partial charge in [-0.3, -0.25) is 19.4 Å². The monoisotopic (exact) mass is 475 g/mol. The van der Waals surface area contributed by atoms with Gasteiger partial charge in [-0.15, -0.1) is 0 Å². The van der Waals surface area contributed by atoms with Crippen molar-refractivity contribution in [2.75, 3.05) is 25.1 Å². The number of hydrogen-bond donors (Lipinski definition) is 7. The van der Waals surface area contributed by atoms with Crippen LogP contribution in [0.25, 0.3) is 0 Å². The van der Waals surface area contributed by atoms with Crippen LogP contribution >= 0.6 is 11.8 Å². The first-order valence-corrected chi connectivity index (χ1v) is 11.8. The molecule has 0 aliphatic carbocycles. The van der Waals surface area contributed by atoms with E-state index in [0.29, 0.717) is 25.0 Å². The van der Waals surface area contributed by atoms with Gasteiger partial charge in [0, 0.05) is 6.54 Å². The summed E-state index contributed by atoms with van der Waals surface area (Å²) in [5.41, 5.74) is 16.4. The van der Waals surface area contributed by atoms with Gasteiger partial charge in [0.25, 0.3) is 0 Å². The second kappa shape index (κ2) is 16.1. The molecule has 0 rings (SSSR count). The van der Waals surface area contributed by atoms with Crippen LogP contribution in [0.1, 0.15) is 39.5 Å². The Morgan fingerprint density at radius 2 is 1.75 bits per heavy atom. The zero-order chi connectivity index (χ0) is 24.7. The number of nitrogens with two attached hydrogens (primary N) is 3. The molecule has 13 heteroatoms. The number of thioether (sulfide) groups is 1. The molecule has 10 N–H and O–H groups in total. The second-order valence-corrected chi connectivity index (χ2v) is 8.37. The lowest BCUT2D eigenvalue weighted by Gasteiger charge is -2.22. The van der Waals surface area contributed by atoms with E-state index in [4.69, 9.17) is 17.2 Å². The van der Waals surface area contributed by atoms with E-state index in [-0.39, 0.29) is 24.8 Å². The summed E-state index contributed by atoms with van der Waals surface area (Å²) in [4.78, 5) is 52.3. The van der Waals surface area contributed by atoms with Gasteiger partial charge in [-0.25, -0.2) is 4.79 Å². The van der Waals surface area contributed by atoms with Crippen LogP contribution in [0.4, 0.5) is 0 Å². The smallest absolute Gasteiger partial charge is 0.326 e. The maximum absolute atomic E-state index is 12.6. The van der Waals surface area contributed by atoms with Gasteiger partial charge in [0.1, 0.15) is 12.1 Å². The molecule has 0 aromatic carbocycles. The summed E-state index contributed by atoms with van der Waals surface area (Å²) < 4.78 is 0. The summed E-state index contributed by atoms with van der Waals surface area (Å²) in [7, 11) is 0. The number of carboxylic acid groups (broad SMARTS) is 1. The summed E-state index contributed by atoms with van der Waals surface area (Å²) in [5, 5.41) is 16.7. The number of nitrogens with zero attached hydrogens (tertiary/aromatic N) is 1.